The number of amides is 1. The van der Waals surface area contributed by atoms with Gasteiger partial charge in [-0.2, -0.15) is 4.98 Å². The number of aliphatic hydroxyl groups is 2. The number of hydrogen-bond acceptors (Lipinski definition) is 6. The first-order chi connectivity index (χ1) is 15.0. The van der Waals surface area contributed by atoms with Crippen LogP contribution in [0.25, 0.3) is 0 Å². The van der Waals surface area contributed by atoms with Crippen molar-refractivity contribution >= 4 is 11.7 Å². The van der Waals surface area contributed by atoms with Crippen molar-refractivity contribution in [1.82, 2.24) is 14.5 Å². The summed E-state index contributed by atoms with van der Waals surface area (Å²) in [5.41, 5.74) is 2.28. The molecule has 1 aliphatic heterocycles. The van der Waals surface area contributed by atoms with Gasteiger partial charge >= 0.3 is 6.01 Å². The van der Waals surface area contributed by atoms with E-state index in [4.69, 9.17) is 4.74 Å². The molecule has 1 atom stereocenters. The number of aromatic nitrogens is 2. The van der Waals surface area contributed by atoms with Crippen molar-refractivity contribution in [3.63, 3.8) is 0 Å². The molecule has 0 saturated carbocycles. The normalized spacial score (nSPS) is 15.9. The topological polar surface area (TPSA) is 91.1 Å². The molecule has 1 unspecified atom stereocenters. The molecule has 4 rings (SSSR count). The van der Waals surface area contributed by atoms with Crippen molar-refractivity contribution < 1.29 is 19.7 Å². The number of carbonyl (C=O) groups excluding carboxylic acids is 1. The van der Waals surface area contributed by atoms with Gasteiger partial charge in [0.25, 0.3) is 5.91 Å². The average Bonchev–Trinajstić information content (AvgIpc) is 3.13. The van der Waals surface area contributed by atoms with Gasteiger partial charge in [0.1, 0.15) is 5.75 Å². The van der Waals surface area contributed by atoms with Crippen molar-refractivity contribution in [3.8, 4) is 11.8 Å². The predicted molar refractivity (Wildman–Crippen MR) is 116 cm³/mol. The van der Waals surface area contributed by atoms with E-state index in [0.717, 1.165) is 11.1 Å². The first-order valence-electron chi connectivity index (χ1n) is 10.2. The second-order valence-electron chi connectivity index (χ2n) is 7.54. The van der Waals surface area contributed by atoms with Crippen LogP contribution in [0, 0.1) is 6.92 Å². The van der Waals surface area contributed by atoms with Gasteiger partial charge in [0.2, 0.25) is 6.35 Å². The van der Waals surface area contributed by atoms with Crippen molar-refractivity contribution in [2.24, 2.45) is 0 Å². The number of ether oxygens (including phenoxy) is 1. The number of fused-ring (bicyclic) bond motifs is 1. The maximum absolute atomic E-state index is 13.4. The molecule has 8 heteroatoms. The van der Waals surface area contributed by atoms with E-state index < -0.39 is 6.35 Å². The molecule has 0 spiro atoms. The van der Waals surface area contributed by atoms with Crippen molar-refractivity contribution in [1.29, 1.82) is 0 Å². The second-order valence-corrected chi connectivity index (χ2v) is 7.54. The molecule has 31 heavy (non-hydrogen) atoms. The van der Waals surface area contributed by atoms with Gasteiger partial charge in [-0.3, -0.25) is 14.3 Å². The van der Waals surface area contributed by atoms with E-state index in [-0.39, 0.29) is 25.1 Å². The van der Waals surface area contributed by atoms with Crippen LogP contribution in [0.15, 0.2) is 54.6 Å². The number of hydrogen-bond donors (Lipinski definition) is 2. The van der Waals surface area contributed by atoms with E-state index in [9.17, 15) is 15.0 Å². The molecule has 0 aliphatic carbocycles. The third kappa shape index (κ3) is 3.99. The number of carbonyl (C=O) groups is 1. The van der Waals surface area contributed by atoms with Crippen LogP contribution in [0.2, 0.25) is 0 Å². The molecule has 8 nitrogen and oxygen atoms in total. The van der Waals surface area contributed by atoms with Gasteiger partial charge in [-0.25, -0.2) is 0 Å². The van der Waals surface area contributed by atoms with Gasteiger partial charge in [-0.15, -0.1) is 0 Å². The van der Waals surface area contributed by atoms with E-state index in [1.165, 1.54) is 4.90 Å². The standard InChI is InChI=1S/C23H26N4O4/c1-16-9-6-7-12-18(16)31-22-24-20-19(27(22)15-17-10-4-3-5-11-17)21(29)26(13-8-14-28)23(30)25(20)2/h3-7,9-12,23,28,30H,8,13-15H2,1-2H3. The number of nitrogens with zero attached hydrogens (tertiary/aromatic N) is 4. The fourth-order valence-corrected chi connectivity index (χ4v) is 3.65. The highest BCUT2D eigenvalue weighted by Gasteiger charge is 2.40. The van der Waals surface area contributed by atoms with E-state index in [2.05, 4.69) is 4.98 Å². The molecule has 1 amide bonds. The maximum Gasteiger partial charge on any atom is 0.304 e. The summed E-state index contributed by atoms with van der Waals surface area (Å²) in [6, 6.07) is 17.6. The van der Waals surface area contributed by atoms with Crippen LogP contribution in [0.5, 0.6) is 11.8 Å². The van der Waals surface area contributed by atoms with Crippen molar-refractivity contribution in [2.45, 2.75) is 26.2 Å². The molecule has 162 valence electrons. The Morgan fingerprint density at radius 2 is 1.81 bits per heavy atom. The molecule has 3 aromatic rings. The molecular formula is C23H26N4O4. The third-order valence-corrected chi connectivity index (χ3v) is 5.37. The number of aliphatic hydroxyl groups excluding tert-OH is 2. The van der Waals surface area contributed by atoms with Crippen LogP contribution in [0.1, 0.15) is 28.0 Å². The molecular weight excluding hydrogens is 396 g/mol. The molecule has 2 heterocycles. The minimum absolute atomic E-state index is 0.0714. The van der Waals surface area contributed by atoms with Gasteiger partial charge in [0, 0.05) is 20.2 Å². The number of anilines is 1. The number of benzene rings is 2. The highest BCUT2D eigenvalue weighted by atomic mass is 16.5. The zero-order valence-corrected chi connectivity index (χ0v) is 17.6. The number of imidazole rings is 1. The lowest BCUT2D eigenvalue weighted by Gasteiger charge is -2.38. The summed E-state index contributed by atoms with van der Waals surface area (Å²) >= 11 is 0. The Bertz CT molecular complexity index is 1070. The highest BCUT2D eigenvalue weighted by molar-refractivity contribution is 5.99. The first-order valence-corrected chi connectivity index (χ1v) is 10.2. The van der Waals surface area contributed by atoms with Gasteiger partial charge in [0.15, 0.2) is 11.5 Å². The fraction of sp³-hybridized carbons (Fsp3) is 0.304. The first kappa shape index (κ1) is 20.9. The third-order valence-electron chi connectivity index (χ3n) is 5.37. The summed E-state index contributed by atoms with van der Waals surface area (Å²) in [7, 11) is 1.68. The fourth-order valence-electron chi connectivity index (χ4n) is 3.65. The molecule has 1 aromatic heterocycles. The van der Waals surface area contributed by atoms with Crippen LogP contribution in [0.4, 0.5) is 5.82 Å². The summed E-state index contributed by atoms with van der Waals surface area (Å²) in [6.07, 6.45) is -0.802. The largest absolute Gasteiger partial charge is 0.425 e. The lowest BCUT2D eigenvalue weighted by atomic mass is 10.2. The lowest BCUT2D eigenvalue weighted by Crippen LogP contribution is -2.54. The molecule has 0 radical (unpaired) electrons. The lowest BCUT2D eigenvalue weighted by molar-refractivity contribution is 0.00112. The van der Waals surface area contributed by atoms with E-state index in [1.807, 2.05) is 61.5 Å². The Balaban J connectivity index is 1.81. The van der Waals surface area contributed by atoms with Crippen LogP contribution in [-0.2, 0) is 6.54 Å². The van der Waals surface area contributed by atoms with E-state index >= 15 is 0 Å². The second kappa shape index (κ2) is 8.79. The average molecular weight is 422 g/mol. The Morgan fingerprint density at radius 1 is 1.10 bits per heavy atom. The van der Waals surface area contributed by atoms with Gasteiger partial charge in [0.05, 0.1) is 6.54 Å². The molecule has 0 saturated heterocycles. The van der Waals surface area contributed by atoms with Gasteiger partial charge < -0.3 is 19.8 Å². The molecule has 2 N–H and O–H groups in total. The SMILES string of the molecule is Cc1ccccc1Oc1nc2c(n1Cc1ccccc1)C(=O)N(CCCO)C(O)N2C. The van der Waals surface area contributed by atoms with Crippen LogP contribution in [0.3, 0.4) is 0 Å². The Labute approximate surface area is 180 Å². The minimum Gasteiger partial charge on any atom is -0.425 e. The monoisotopic (exact) mass is 422 g/mol. The van der Waals surface area contributed by atoms with Crippen molar-refractivity contribution in [2.75, 3.05) is 25.1 Å². The highest BCUT2D eigenvalue weighted by Crippen LogP contribution is 2.35. The zero-order chi connectivity index (χ0) is 22.0. The van der Waals surface area contributed by atoms with E-state index in [1.54, 1.807) is 16.5 Å². The Hall–Kier alpha value is -3.36. The number of para-hydroxylation sites is 1. The van der Waals surface area contributed by atoms with Crippen molar-refractivity contribution in [3.05, 3.63) is 71.4 Å². The molecule has 2 aromatic carbocycles. The van der Waals surface area contributed by atoms with Gasteiger partial charge in [-0.05, 0) is 30.5 Å². The summed E-state index contributed by atoms with van der Waals surface area (Å²) in [6.45, 7) is 2.48. The molecule has 0 bridgehead atoms. The molecule has 1 aliphatic rings. The predicted octanol–water partition coefficient (Wildman–Crippen LogP) is 2.58. The number of aryl methyl sites for hydroxylation is 1. The minimum atomic E-state index is -1.17. The van der Waals surface area contributed by atoms with Crippen LogP contribution >= 0.6 is 0 Å². The Kier molecular flexibility index (Phi) is 5.92. The number of rotatable bonds is 7. The van der Waals surface area contributed by atoms with Crippen LogP contribution in [-0.4, -0.2) is 57.1 Å². The summed E-state index contributed by atoms with van der Waals surface area (Å²) in [5.74, 6) is 0.654. The summed E-state index contributed by atoms with van der Waals surface area (Å²) in [4.78, 5) is 20.8. The van der Waals surface area contributed by atoms with Gasteiger partial charge in [-0.1, -0.05) is 48.5 Å². The summed E-state index contributed by atoms with van der Waals surface area (Å²) < 4.78 is 7.89. The zero-order valence-electron chi connectivity index (χ0n) is 17.6. The smallest absolute Gasteiger partial charge is 0.304 e. The summed E-state index contributed by atoms with van der Waals surface area (Å²) in [5, 5.41) is 19.9. The Morgan fingerprint density at radius 3 is 2.52 bits per heavy atom. The quantitative estimate of drug-likeness (QED) is 0.608. The van der Waals surface area contributed by atoms with Crippen LogP contribution < -0.4 is 9.64 Å². The van der Waals surface area contributed by atoms with E-state index in [0.29, 0.717) is 30.2 Å². The maximum atomic E-state index is 13.4. The molecule has 0 fully saturated rings.